The van der Waals surface area contributed by atoms with Crippen molar-refractivity contribution in [3.8, 4) is 0 Å². The molecule has 1 rings (SSSR count). The van der Waals surface area contributed by atoms with E-state index in [-0.39, 0.29) is 12.5 Å². The summed E-state index contributed by atoms with van der Waals surface area (Å²) in [4.78, 5) is 23.5. The summed E-state index contributed by atoms with van der Waals surface area (Å²) < 4.78 is 5.46. The summed E-state index contributed by atoms with van der Waals surface area (Å²) in [5.41, 5.74) is 0. The van der Waals surface area contributed by atoms with E-state index in [9.17, 15) is 9.59 Å². The number of nitrogens with one attached hydrogen (secondary N) is 1. The van der Waals surface area contributed by atoms with Crippen molar-refractivity contribution in [3.63, 3.8) is 0 Å². The van der Waals surface area contributed by atoms with Crippen LogP contribution in [0.25, 0.3) is 0 Å². The van der Waals surface area contributed by atoms with Crippen molar-refractivity contribution >= 4 is 12.0 Å². The zero-order valence-corrected chi connectivity index (χ0v) is 11.6. The summed E-state index contributed by atoms with van der Waals surface area (Å²) in [6.45, 7) is 2.47. The average Bonchev–Trinajstić information content (AvgIpc) is 3.17. The maximum absolute atomic E-state index is 11.6. The van der Waals surface area contributed by atoms with Crippen LogP contribution >= 0.6 is 0 Å². The van der Waals surface area contributed by atoms with Crippen molar-refractivity contribution in [2.24, 2.45) is 5.92 Å². The van der Waals surface area contributed by atoms with Gasteiger partial charge in [-0.3, -0.25) is 4.79 Å². The van der Waals surface area contributed by atoms with Crippen LogP contribution in [0.1, 0.15) is 32.1 Å². The molecule has 0 unspecified atom stereocenters. The molecule has 1 aliphatic carbocycles. The largest absolute Gasteiger partial charge is 0.481 e. The van der Waals surface area contributed by atoms with Crippen LogP contribution in [-0.4, -0.2) is 55.4 Å². The third-order valence-electron chi connectivity index (χ3n) is 3.06. The number of unbranched alkanes of at least 4 members (excludes halogenated alkanes) is 1. The van der Waals surface area contributed by atoms with Crippen LogP contribution in [0.15, 0.2) is 0 Å². The lowest BCUT2D eigenvalue weighted by Crippen LogP contribution is -2.39. The van der Waals surface area contributed by atoms with Crippen molar-refractivity contribution < 1.29 is 19.4 Å². The minimum atomic E-state index is -0.795. The number of hydrogen-bond donors (Lipinski definition) is 2. The molecule has 0 aliphatic heterocycles. The highest BCUT2D eigenvalue weighted by atomic mass is 16.5. The van der Waals surface area contributed by atoms with E-state index in [2.05, 4.69) is 5.32 Å². The van der Waals surface area contributed by atoms with Gasteiger partial charge >= 0.3 is 12.0 Å². The number of hydrogen-bond acceptors (Lipinski definition) is 3. The third-order valence-corrected chi connectivity index (χ3v) is 3.06. The summed E-state index contributed by atoms with van der Waals surface area (Å²) in [5, 5.41) is 11.2. The summed E-state index contributed by atoms with van der Waals surface area (Å²) in [6, 6.07) is -0.134. The molecule has 6 heteroatoms. The Morgan fingerprint density at radius 3 is 2.74 bits per heavy atom. The number of carbonyl (C=O) groups is 2. The van der Waals surface area contributed by atoms with Gasteiger partial charge in [0, 0.05) is 33.2 Å². The second kappa shape index (κ2) is 8.74. The topological polar surface area (TPSA) is 78.9 Å². The second-order valence-corrected chi connectivity index (χ2v) is 5.02. The number of carboxylic acids is 1. The molecule has 1 aliphatic rings. The molecule has 0 atom stereocenters. The van der Waals surface area contributed by atoms with Crippen molar-refractivity contribution in [1.29, 1.82) is 0 Å². The van der Waals surface area contributed by atoms with E-state index in [1.54, 1.807) is 11.9 Å². The molecule has 0 radical (unpaired) electrons. The molecule has 0 aromatic heterocycles. The monoisotopic (exact) mass is 272 g/mol. The Bertz CT molecular complexity index is 292. The zero-order valence-electron chi connectivity index (χ0n) is 11.6. The van der Waals surface area contributed by atoms with Crippen LogP contribution in [0, 0.1) is 5.92 Å². The number of carbonyl (C=O) groups excluding carboxylic acids is 1. The summed E-state index contributed by atoms with van der Waals surface area (Å²) in [5.74, 6) is -0.0513. The lowest BCUT2D eigenvalue weighted by atomic mass is 10.2. The number of aliphatic carboxylic acids is 1. The molecule has 0 spiro atoms. The quantitative estimate of drug-likeness (QED) is 0.588. The standard InChI is InChI=1S/C13H24N2O4/c1-15(8-9-19-10-11-5-6-11)13(18)14-7-3-2-4-12(16)17/h11H,2-10H2,1H3,(H,14,18)(H,16,17). The van der Waals surface area contributed by atoms with Crippen LogP contribution in [0.2, 0.25) is 0 Å². The normalized spacial score (nSPS) is 14.2. The molecule has 0 saturated heterocycles. The van der Waals surface area contributed by atoms with E-state index < -0.39 is 5.97 Å². The average molecular weight is 272 g/mol. The van der Waals surface area contributed by atoms with Crippen LogP contribution in [-0.2, 0) is 9.53 Å². The van der Waals surface area contributed by atoms with Gasteiger partial charge < -0.3 is 20.1 Å². The summed E-state index contributed by atoms with van der Waals surface area (Å²) >= 11 is 0. The van der Waals surface area contributed by atoms with Gasteiger partial charge in [0.05, 0.1) is 6.61 Å². The van der Waals surface area contributed by atoms with E-state index in [0.29, 0.717) is 32.5 Å². The van der Waals surface area contributed by atoms with E-state index in [1.807, 2.05) is 0 Å². The number of urea groups is 1. The molecule has 110 valence electrons. The molecule has 6 nitrogen and oxygen atoms in total. The van der Waals surface area contributed by atoms with Crippen LogP contribution in [0.5, 0.6) is 0 Å². The van der Waals surface area contributed by atoms with Crippen molar-refractivity contribution in [3.05, 3.63) is 0 Å². The van der Waals surface area contributed by atoms with Crippen LogP contribution in [0.4, 0.5) is 4.79 Å². The highest BCUT2D eigenvalue weighted by molar-refractivity contribution is 5.73. The van der Waals surface area contributed by atoms with Gasteiger partial charge in [-0.25, -0.2) is 4.79 Å². The lowest BCUT2D eigenvalue weighted by Gasteiger charge is -2.17. The summed E-state index contributed by atoms with van der Waals surface area (Å²) in [7, 11) is 1.73. The maximum atomic E-state index is 11.6. The third kappa shape index (κ3) is 8.42. The first-order valence-electron chi connectivity index (χ1n) is 6.88. The van der Waals surface area contributed by atoms with E-state index >= 15 is 0 Å². The molecule has 19 heavy (non-hydrogen) atoms. The van der Waals surface area contributed by atoms with Gasteiger partial charge in [-0.1, -0.05) is 0 Å². The Hall–Kier alpha value is -1.30. The molecular formula is C13H24N2O4. The number of amides is 2. The molecule has 0 aromatic rings. The fraction of sp³-hybridized carbons (Fsp3) is 0.846. The smallest absolute Gasteiger partial charge is 0.317 e. The minimum Gasteiger partial charge on any atom is -0.481 e. The fourth-order valence-corrected chi connectivity index (χ4v) is 1.57. The van der Waals surface area contributed by atoms with E-state index in [1.165, 1.54) is 12.8 Å². The van der Waals surface area contributed by atoms with Gasteiger partial charge in [0.1, 0.15) is 0 Å². The second-order valence-electron chi connectivity index (χ2n) is 5.02. The van der Waals surface area contributed by atoms with Gasteiger partial charge in [-0.05, 0) is 31.6 Å². The first-order chi connectivity index (χ1) is 9.09. The molecule has 2 N–H and O–H groups in total. The SMILES string of the molecule is CN(CCOCC1CC1)C(=O)NCCCCC(=O)O. The van der Waals surface area contributed by atoms with Gasteiger partial charge in [-0.15, -0.1) is 0 Å². The Labute approximate surface area is 114 Å². The van der Waals surface area contributed by atoms with Gasteiger partial charge in [0.25, 0.3) is 0 Å². The highest BCUT2D eigenvalue weighted by Crippen LogP contribution is 2.28. The first-order valence-corrected chi connectivity index (χ1v) is 6.88. The molecule has 1 saturated carbocycles. The number of carboxylic acid groups (broad SMARTS) is 1. The molecular weight excluding hydrogens is 248 g/mol. The van der Waals surface area contributed by atoms with Gasteiger partial charge in [-0.2, -0.15) is 0 Å². The lowest BCUT2D eigenvalue weighted by molar-refractivity contribution is -0.137. The predicted molar refractivity (Wildman–Crippen MR) is 71.1 cm³/mol. The van der Waals surface area contributed by atoms with Gasteiger partial charge in [0.15, 0.2) is 0 Å². The number of ether oxygens (including phenoxy) is 1. The molecule has 1 fully saturated rings. The predicted octanol–water partition coefficient (Wildman–Crippen LogP) is 1.31. The molecule has 2 amide bonds. The zero-order chi connectivity index (χ0) is 14.1. The van der Waals surface area contributed by atoms with E-state index in [4.69, 9.17) is 9.84 Å². The Morgan fingerprint density at radius 2 is 2.11 bits per heavy atom. The number of rotatable bonds is 10. The number of nitrogens with zero attached hydrogens (tertiary/aromatic N) is 1. The summed E-state index contributed by atoms with van der Waals surface area (Å²) in [6.07, 6.45) is 3.97. The Morgan fingerprint density at radius 1 is 1.37 bits per heavy atom. The number of likely N-dealkylation sites (N-methyl/N-ethyl adjacent to an activating group) is 1. The molecule has 0 aromatic carbocycles. The van der Waals surface area contributed by atoms with E-state index in [0.717, 1.165) is 12.5 Å². The van der Waals surface area contributed by atoms with Gasteiger partial charge in [0.2, 0.25) is 0 Å². The fourth-order valence-electron chi connectivity index (χ4n) is 1.57. The van der Waals surface area contributed by atoms with Crippen molar-refractivity contribution in [2.45, 2.75) is 32.1 Å². The van der Waals surface area contributed by atoms with Crippen molar-refractivity contribution in [1.82, 2.24) is 10.2 Å². The molecule has 0 bridgehead atoms. The van der Waals surface area contributed by atoms with Crippen molar-refractivity contribution in [2.75, 3.05) is 33.4 Å². The van der Waals surface area contributed by atoms with Crippen LogP contribution in [0.3, 0.4) is 0 Å². The first kappa shape index (κ1) is 15.8. The Kier molecular flexibility index (Phi) is 7.25. The highest BCUT2D eigenvalue weighted by Gasteiger charge is 2.21. The minimum absolute atomic E-state index is 0.134. The van der Waals surface area contributed by atoms with Crippen LogP contribution < -0.4 is 5.32 Å². The Balaban J connectivity index is 1.92. The maximum Gasteiger partial charge on any atom is 0.317 e. The molecule has 0 heterocycles.